The van der Waals surface area contributed by atoms with Crippen molar-refractivity contribution in [2.75, 3.05) is 13.1 Å². The van der Waals surface area contributed by atoms with Gasteiger partial charge in [0.2, 0.25) is 5.91 Å². The maximum atomic E-state index is 11.1. The molecule has 3 heteroatoms. The van der Waals surface area contributed by atoms with Crippen LogP contribution >= 0.6 is 0 Å². The molecule has 10 heavy (non-hydrogen) atoms. The van der Waals surface area contributed by atoms with Crippen LogP contribution in [0.4, 0.5) is 0 Å². The van der Waals surface area contributed by atoms with Crippen LogP contribution in [0.3, 0.4) is 0 Å². The smallest absolute Gasteiger partial charge is 0.239 e. The van der Waals surface area contributed by atoms with Crippen LogP contribution in [-0.2, 0) is 4.79 Å². The van der Waals surface area contributed by atoms with Crippen molar-refractivity contribution >= 4 is 13.8 Å². The summed E-state index contributed by atoms with van der Waals surface area (Å²) in [5, 5.41) is 0. The van der Waals surface area contributed by atoms with Gasteiger partial charge in [0.05, 0.1) is 0 Å². The Kier molecular flexibility index (Phi) is 3.85. The highest BCUT2D eigenvalue weighted by molar-refractivity contribution is 6.35. The Balaban J connectivity index is 4.02. The topological polar surface area (TPSA) is 20.3 Å². The maximum Gasteiger partial charge on any atom is 0.239 e. The first-order valence-corrected chi connectivity index (χ1v) is 3.58. The Morgan fingerprint density at radius 1 is 1.50 bits per heavy atom. The van der Waals surface area contributed by atoms with E-state index in [0.717, 1.165) is 13.1 Å². The zero-order chi connectivity index (χ0) is 8.15. The maximum absolute atomic E-state index is 11.1. The van der Waals surface area contributed by atoms with Gasteiger partial charge in [-0.1, -0.05) is 0 Å². The molecule has 0 aromatic heterocycles. The van der Waals surface area contributed by atoms with Crippen molar-refractivity contribution in [2.45, 2.75) is 13.8 Å². The van der Waals surface area contributed by atoms with E-state index in [-0.39, 0.29) is 5.91 Å². The molecule has 0 fully saturated rings. The number of hydrogen-bond donors (Lipinski definition) is 0. The second-order valence-electron chi connectivity index (χ2n) is 2.26. The van der Waals surface area contributed by atoms with E-state index < -0.39 is 0 Å². The summed E-state index contributed by atoms with van der Waals surface area (Å²) in [4.78, 5) is 12.9. The third kappa shape index (κ3) is 2.25. The number of rotatable bonds is 3. The van der Waals surface area contributed by atoms with Gasteiger partial charge in [-0.3, -0.25) is 4.79 Å². The van der Waals surface area contributed by atoms with Crippen LogP contribution in [0, 0.1) is 0 Å². The summed E-state index contributed by atoms with van der Waals surface area (Å²) in [7, 11) is 1.74. The summed E-state index contributed by atoms with van der Waals surface area (Å²) in [6.45, 7) is 9.04. The number of nitrogens with zero attached hydrogens (tertiary/aromatic N) is 1. The highest BCUT2D eigenvalue weighted by Crippen LogP contribution is 1.93. The van der Waals surface area contributed by atoms with Gasteiger partial charge in [-0.05, 0) is 19.3 Å². The molecule has 0 heterocycles. The van der Waals surface area contributed by atoms with Gasteiger partial charge in [0.25, 0.3) is 0 Å². The minimum atomic E-state index is 0.0602. The third-order valence-corrected chi connectivity index (χ3v) is 1.42. The van der Waals surface area contributed by atoms with E-state index in [0.29, 0.717) is 5.47 Å². The molecular weight excluding hydrogens is 125 g/mol. The predicted octanol–water partition coefficient (Wildman–Crippen LogP) is 0.00160. The lowest BCUT2D eigenvalue weighted by Crippen LogP contribution is -2.31. The Labute approximate surface area is 63.3 Å². The van der Waals surface area contributed by atoms with E-state index in [4.69, 9.17) is 0 Å². The quantitative estimate of drug-likeness (QED) is 0.398. The monoisotopic (exact) mass is 139 g/mol. The minimum Gasteiger partial charge on any atom is -0.340 e. The van der Waals surface area contributed by atoms with Gasteiger partial charge >= 0.3 is 0 Å². The number of carbonyl (C=O) groups excluding carboxylic acids is 1. The zero-order valence-electron chi connectivity index (χ0n) is 6.98. The van der Waals surface area contributed by atoms with Crippen molar-refractivity contribution < 1.29 is 4.79 Å². The van der Waals surface area contributed by atoms with E-state index in [1.165, 1.54) is 0 Å². The Morgan fingerprint density at radius 2 is 1.90 bits per heavy atom. The molecule has 2 nitrogen and oxygen atoms in total. The molecule has 0 N–H and O–H groups in total. The molecule has 0 aliphatic heterocycles. The fourth-order valence-corrected chi connectivity index (χ4v) is 0.781. The molecule has 0 aliphatic carbocycles. The minimum absolute atomic E-state index is 0.0602. The molecule has 56 valence electrons. The number of amides is 1. The van der Waals surface area contributed by atoms with Crippen LogP contribution in [0.25, 0.3) is 0 Å². The lowest BCUT2D eigenvalue weighted by molar-refractivity contribution is -0.126. The average molecular weight is 139 g/mol. The second kappa shape index (κ2) is 4.15. The van der Waals surface area contributed by atoms with Crippen LogP contribution in [0.1, 0.15) is 13.8 Å². The zero-order valence-corrected chi connectivity index (χ0v) is 6.98. The molecule has 0 spiro atoms. The van der Waals surface area contributed by atoms with Crippen molar-refractivity contribution in [3.63, 3.8) is 0 Å². The van der Waals surface area contributed by atoms with Crippen LogP contribution in [0.2, 0.25) is 0 Å². The van der Waals surface area contributed by atoms with Gasteiger partial charge < -0.3 is 4.90 Å². The standard InChI is InChI=1S/C7H14BNO/c1-4-9(5-2)7(10)6(3)8/h3-5,8H2,1-2H3. The van der Waals surface area contributed by atoms with E-state index >= 15 is 0 Å². The summed E-state index contributed by atoms with van der Waals surface area (Å²) in [5.41, 5.74) is 0.615. The van der Waals surface area contributed by atoms with Crippen molar-refractivity contribution in [1.29, 1.82) is 0 Å². The van der Waals surface area contributed by atoms with E-state index in [1.807, 2.05) is 13.8 Å². The van der Waals surface area contributed by atoms with Crippen LogP contribution < -0.4 is 0 Å². The number of carbonyl (C=O) groups is 1. The second-order valence-corrected chi connectivity index (χ2v) is 2.26. The SMILES string of the molecule is BC(=C)C(=O)N(CC)CC. The Bertz CT molecular complexity index is 141. The lowest BCUT2D eigenvalue weighted by Gasteiger charge is -2.18. The van der Waals surface area contributed by atoms with Gasteiger partial charge in [-0.25, -0.2) is 0 Å². The molecule has 0 radical (unpaired) electrons. The summed E-state index contributed by atoms with van der Waals surface area (Å²) in [6, 6.07) is 0. The number of hydrogen-bond acceptors (Lipinski definition) is 1. The predicted molar refractivity (Wildman–Crippen MR) is 45.6 cm³/mol. The molecule has 0 saturated heterocycles. The first-order valence-electron chi connectivity index (χ1n) is 3.58. The van der Waals surface area contributed by atoms with Crippen molar-refractivity contribution in [3.05, 3.63) is 12.1 Å². The normalized spacial score (nSPS) is 9.00. The fourth-order valence-electron chi connectivity index (χ4n) is 0.781. The van der Waals surface area contributed by atoms with Crippen molar-refractivity contribution in [2.24, 2.45) is 0 Å². The van der Waals surface area contributed by atoms with Crippen LogP contribution in [0.15, 0.2) is 12.1 Å². The third-order valence-electron chi connectivity index (χ3n) is 1.42. The summed E-state index contributed by atoms with van der Waals surface area (Å²) < 4.78 is 0. The molecule has 0 atom stereocenters. The van der Waals surface area contributed by atoms with E-state index in [1.54, 1.807) is 12.7 Å². The molecule has 0 aliphatic rings. The Morgan fingerprint density at radius 3 is 2.00 bits per heavy atom. The van der Waals surface area contributed by atoms with E-state index in [9.17, 15) is 4.79 Å². The van der Waals surface area contributed by atoms with Gasteiger partial charge in [0, 0.05) is 13.1 Å². The summed E-state index contributed by atoms with van der Waals surface area (Å²) in [5.74, 6) is 0.0602. The van der Waals surface area contributed by atoms with Crippen molar-refractivity contribution in [1.82, 2.24) is 4.90 Å². The molecule has 0 aromatic carbocycles. The molecule has 0 rings (SSSR count). The molecule has 0 bridgehead atoms. The van der Waals surface area contributed by atoms with Crippen LogP contribution in [0.5, 0.6) is 0 Å². The van der Waals surface area contributed by atoms with Crippen LogP contribution in [-0.4, -0.2) is 31.7 Å². The first-order chi connectivity index (χ1) is 4.63. The molecule has 0 aromatic rings. The molecule has 1 amide bonds. The largest absolute Gasteiger partial charge is 0.340 e. The van der Waals surface area contributed by atoms with Gasteiger partial charge in [0.15, 0.2) is 0 Å². The highest BCUT2D eigenvalue weighted by atomic mass is 16.2. The van der Waals surface area contributed by atoms with Gasteiger partial charge in [-0.15, -0.1) is 6.58 Å². The summed E-state index contributed by atoms with van der Waals surface area (Å²) in [6.07, 6.45) is 0. The molecule has 0 unspecified atom stereocenters. The average Bonchev–Trinajstić information content (AvgIpc) is 1.90. The number of likely N-dealkylation sites (N-methyl/N-ethyl adjacent to an activating group) is 1. The molecule has 0 saturated carbocycles. The Hall–Kier alpha value is -0.725. The van der Waals surface area contributed by atoms with Crippen molar-refractivity contribution in [3.8, 4) is 0 Å². The summed E-state index contributed by atoms with van der Waals surface area (Å²) >= 11 is 0. The lowest BCUT2D eigenvalue weighted by atomic mass is 9.96. The van der Waals surface area contributed by atoms with Gasteiger partial charge in [-0.2, -0.15) is 0 Å². The van der Waals surface area contributed by atoms with Gasteiger partial charge in [0.1, 0.15) is 7.85 Å². The fraction of sp³-hybridized carbons (Fsp3) is 0.571. The van der Waals surface area contributed by atoms with E-state index in [2.05, 4.69) is 6.58 Å². The first kappa shape index (κ1) is 9.27. The highest BCUT2D eigenvalue weighted by Gasteiger charge is 2.07. The molecular formula is C7H14BNO.